The average molecular weight is 402 g/mol. The summed E-state index contributed by atoms with van der Waals surface area (Å²) in [6.07, 6.45) is 1.61. The van der Waals surface area contributed by atoms with Gasteiger partial charge in [0, 0.05) is 36.6 Å². The predicted molar refractivity (Wildman–Crippen MR) is 115 cm³/mol. The summed E-state index contributed by atoms with van der Waals surface area (Å²) in [6, 6.07) is 13.8. The first-order valence-corrected chi connectivity index (χ1v) is 9.49. The SMILES string of the molecule is C=C1c2ccccc2C(=O)N1C(C)C(=O)Nc1cccc(-n2cnc(N(C)C)n2)c1. The van der Waals surface area contributed by atoms with E-state index < -0.39 is 6.04 Å². The highest BCUT2D eigenvalue weighted by Gasteiger charge is 2.36. The Hall–Kier alpha value is -3.94. The van der Waals surface area contributed by atoms with Crippen LogP contribution in [0.3, 0.4) is 0 Å². The number of rotatable bonds is 5. The molecule has 2 heterocycles. The van der Waals surface area contributed by atoms with Gasteiger partial charge >= 0.3 is 0 Å². The topological polar surface area (TPSA) is 83.4 Å². The van der Waals surface area contributed by atoms with E-state index in [0.717, 1.165) is 11.3 Å². The van der Waals surface area contributed by atoms with Crippen LogP contribution < -0.4 is 10.2 Å². The third-order valence-electron chi connectivity index (χ3n) is 5.00. The molecule has 1 unspecified atom stereocenters. The number of carbonyl (C=O) groups is 2. The van der Waals surface area contributed by atoms with E-state index in [1.807, 2.05) is 43.3 Å². The minimum Gasteiger partial charge on any atom is -0.346 e. The van der Waals surface area contributed by atoms with E-state index in [-0.39, 0.29) is 11.8 Å². The number of benzene rings is 2. The van der Waals surface area contributed by atoms with Crippen molar-refractivity contribution in [1.29, 1.82) is 0 Å². The molecule has 30 heavy (non-hydrogen) atoms. The summed E-state index contributed by atoms with van der Waals surface area (Å²) in [6.45, 7) is 5.70. The average Bonchev–Trinajstić information content (AvgIpc) is 3.33. The first kappa shape index (κ1) is 19.4. The van der Waals surface area contributed by atoms with E-state index in [1.165, 1.54) is 4.90 Å². The maximum Gasteiger partial charge on any atom is 0.259 e. The third kappa shape index (κ3) is 3.32. The molecule has 1 aliphatic rings. The quantitative estimate of drug-likeness (QED) is 0.710. The number of hydrogen-bond acceptors (Lipinski definition) is 5. The lowest BCUT2D eigenvalue weighted by atomic mass is 10.1. The molecule has 0 bridgehead atoms. The minimum atomic E-state index is -0.715. The van der Waals surface area contributed by atoms with Gasteiger partial charge in [0.2, 0.25) is 11.9 Å². The van der Waals surface area contributed by atoms with Crippen LogP contribution in [0.2, 0.25) is 0 Å². The van der Waals surface area contributed by atoms with Crippen LogP contribution in [0.25, 0.3) is 11.4 Å². The van der Waals surface area contributed by atoms with Crippen molar-refractivity contribution in [3.63, 3.8) is 0 Å². The number of nitrogens with zero attached hydrogens (tertiary/aromatic N) is 5. The van der Waals surface area contributed by atoms with Crippen LogP contribution in [0, 0.1) is 0 Å². The highest BCUT2D eigenvalue weighted by Crippen LogP contribution is 2.33. The number of fused-ring (bicyclic) bond motifs is 1. The van der Waals surface area contributed by atoms with Gasteiger partial charge in [-0.1, -0.05) is 30.8 Å². The molecule has 1 atom stereocenters. The zero-order valence-corrected chi connectivity index (χ0v) is 17.0. The maximum atomic E-state index is 12.9. The fraction of sp³-hybridized carbons (Fsp3) is 0.182. The number of amides is 2. The minimum absolute atomic E-state index is 0.217. The van der Waals surface area contributed by atoms with E-state index in [2.05, 4.69) is 22.0 Å². The molecule has 0 fully saturated rings. The summed E-state index contributed by atoms with van der Waals surface area (Å²) in [5.41, 5.74) is 3.21. The van der Waals surface area contributed by atoms with E-state index in [0.29, 0.717) is 22.9 Å². The zero-order chi connectivity index (χ0) is 21.4. The summed E-state index contributed by atoms with van der Waals surface area (Å²) in [4.78, 5) is 33.1. The molecule has 8 nitrogen and oxygen atoms in total. The fourth-order valence-electron chi connectivity index (χ4n) is 3.39. The summed E-state index contributed by atoms with van der Waals surface area (Å²) in [5, 5.41) is 7.28. The Balaban J connectivity index is 1.52. The van der Waals surface area contributed by atoms with Gasteiger partial charge in [-0.25, -0.2) is 4.68 Å². The van der Waals surface area contributed by atoms with Crippen LogP contribution >= 0.6 is 0 Å². The van der Waals surface area contributed by atoms with Crippen LogP contribution in [0.1, 0.15) is 22.8 Å². The number of aromatic nitrogens is 3. The highest BCUT2D eigenvalue weighted by molar-refractivity contribution is 6.11. The second-order valence-corrected chi connectivity index (χ2v) is 7.27. The Labute approximate surface area is 174 Å². The van der Waals surface area contributed by atoms with Gasteiger partial charge in [0.05, 0.1) is 5.69 Å². The van der Waals surface area contributed by atoms with Crippen LogP contribution in [0.15, 0.2) is 61.4 Å². The predicted octanol–water partition coefficient (Wildman–Crippen LogP) is 2.79. The lowest BCUT2D eigenvalue weighted by Crippen LogP contribution is -2.41. The van der Waals surface area contributed by atoms with E-state index in [9.17, 15) is 9.59 Å². The van der Waals surface area contributed by atoms with E-state index in [4.69, 9.17) is 0 Å². The van der Waals surface area contributed by atoms with Gasteiger partial charge in [0.25, 0.3) is 5.91 Å². The molecule has 152 valence electrons. The Morgan fingerprint density at radius 3 is 2.53 bits per heavy atom. The monoisotopic (exact) mass is 402 g/mol. The summed E-state index contributed by atoms with van der Waals surface area (Å²) < 4.78 is 1.64. The van der Waals surface area contributed by atoms with E-state index >= 15 is 0 Å². The van der Waals surface area contributed by atoms with Gasteiger partial charge in [-0.05, 0) is 31.2 Å². The molecule has 4 rings (SSSR count). The molecule has 3 aromatic rings. The van der Waals surface area contributed by atoms with Crippen LogP contribution in [-0.2, 0) is 4.79 Å². The Morgan fingerprint density at radius 2 is 1.87 bits per heavy atom. The summed E-state index contributed by atoms with van der Waals surface area (Å²) in [7, 11) is 3.73. The molecule has 1 aliphatic heterocycles. The van der Waals surface area contributed by atoms with Crippen molar-refractivity contribution >= 4 is 29.1 Å². The van der Waals surface area contributed by atoms with Crippen molar-refractivity contribution in [3.8, 4) is 5.69 Å². The van der Waals surface area contributed by atoms with Crippen molar-refractivity contribution in [2.75, 3.05) is 24.3 Å². The van der Waals surface area contributed by atoms with Crippen molar-refractivity contribution in [1.82, 2.24) is 19.7 Å². The van der Waals surface area contributed by atoms with Gasteiger partial charge in [-0.15, -0.1) is 5.10 Å². The molecule has 1 N–H and O–H groups in total. The summed E-state index contributed by atoms with van der Waals surface area (Å²) >= 11 is 0. The van der Waals surface area contributed by atoms with Crippen LogP contribution in [-0.4, -0.2) is 51.6 Å². The van der Waals surface area contributed by atoms with Gasteiger partial charge < -0.3 is 10.2 Å². The van der Waals surface area contributed by atoms with Crippen LogP contribution in [0.4, 0.5) is 11.6 Å². The molecule has 0 radical (unpaired) electrons. The Kier molecular flexibility index (Phi) is 4.83. The van der Waals surface area contributed by atoms with Gasteiger partial charge in [0.1, 0.15) is 12.4 Å². The van der Waals surface area contributed by atoms with Gasteiger partial charge in [-0.2, -0.15) is 4.98 Å². The van der Waals surface area contributed by atoms with Crippen molar-refractivity contribution in [2.45, 2.75) is 13.0 Å². The maximum absolute atomic E-state index is 12.9. The first-order valence-electron chi connectivity index (χ1n) is 9.49. The lowest BCUT2D eigenvalue weighted by Gasteiger charge is -2.24. The molecule has 0 spiro atoms. The molecule has 2 amide bonds. The zero-order valence-electron chi connectivity index (χ0n) is 17.0. The van der Waals surface area contributed by atoms with Crippen LogP contribution in [0.5, 0.6) is 0 Å². The second kappa shape index (κ2) is 7.47. The normalized spacial score (nSPS) is 13.9. The van der Waals surface area contributed by atoms with E-state index in [1.54, 1.807) is 42.2 Å². The molecule has 2 aromatic carbocycles. The van der Waals surface area contributed by atoms with Gasteiger partial charge in [0.15, 0.2) is 0 Å². The number of hydrogen-bond donors (Lipinski definition) is 1. The molecular formula is C22H22N6O2. The van der Waals surface area contributed by atoms with Crippen molar-refractivity contribution < 1.29 is 9.59 Å². The second-order valence-electron chi connectivity index (χ2n) is 7.27. The lowest BCUT2D eigenvalue weighted by molar-refractivity contribution is -0.119. The largest absolute Gasteiger partial charge is 0.346 e. The molecule has 0 aliphatic carbocycles. The third-order valence-corrected chi connectivity index (χ3v) is 5.00. The van der Waals surface area contributed by atoms with Gasteiger partial charge in [-0.3, -0.25) is 14.5 Å². The number of anilines is 2. The molecule has 8 heteroatoms. The Morgan fingerprint density at radius 1 is 1.13 bits per heavy atom. The van der Waals surface area contributed by atoms with Crippen molar-refractivity contribution in [2.24, 2.45) is 0 Å². The molecule has 0 saturated carbocycles. The molecule has 1 aromatic heterocycles. The summed E-state index contributed by atoms with van der Waals surface area (Å²) in [5.74, 6) is 0.0662. The smallest absolute Gasteiger partial charge is 0.259 e. The number of nitrogens with one attached hydrogen (secondary N) is 1. The first-order chi connectivity index (χ1) is 14.4. The Bertz CT molecular complexity index is 1110. The highest BCUT2D eigenvalue weighted by atomic mass is 16.2. The number of carbonyl (C=O) groups excluding carboxylic acids is 2. The fourth-order valence-corrected chi connectivity index (χ4v) is 3.39. The van der Waals surface area contributed by atoms with Crippen molar-refractivity contribution in [3.05, 3.63) is 72.6 Å². The standard InChI is InChI=1S/C22H22N6O2/c1-14-18-10-5-6-11-19(18)21(30)28(14)15(2)20(29)24-16-8-7-9-17(12-16)27-13-23-22(25-27)26(3)4/h5-13,15H,1H2,2-4H3,(H,24,29). The molecular weight excluding hydrogens is 380 g/mol. The molecule has 0 saturated heterocycles.